The summed E-state index contributed by atoms with van der Waals surface area (Å²) in [4.78, 5) is 0. The first-order chi connectivity index (χ1) is 3.93. The molecule has 0 aliphatic heterocycles. The molecule has 0 fully saturated rings. The fourth-order valence-electron chi connectivity index (χ4n) is 0.795. The van der Waals surface area contributed by atoms with E-state index >= 15 is 0 Å². The van der Waals surface area contributed by atoms with Crippen LogP contribution in [0.3, 0.4) is 0 Å². The van der Waals surface area contributed by atoms with Crippen molar-refractivity contribution in [2.45, 2.75) is 18.5 Å². The van der Waals surface area contributed by atoms with E-state index in [4.69, 9.17) is 0 Å². The first kappa shape index (κ1) is 5.83. The maximum atomic E-state index is 2.29. The van der Waals surface area contributed by atoms with Gasteiger partial charge in [-0.15, -0.1) is 0 Å². The van der Waals surface area contributed by atoms with Gasteiger partial charge in [-0.25, -0.2) is 0 Å². The van der Waals surface area contributed by atoms with Gasteiger partial charge in [0.15, 0.2) is 0 Å². The monoisotopic (exact) mass is 122 g/mol. The molecule has 1 atom stereocenters. The molecule has 0 aromatic rings. The first-order valence-electron chi connectivity index (χ1n) is 2.94. The predicted molar refractivity (Wildman–Crippen MR) is 38.3 cm³/mol. The van der Waals surface area contributed by atoms with Crippen molar-refractivity contribution >= 4 is 9.52 Å². The lowest BCUT2D eigenvalue weighted by Crippen LogP contribution is -1.95. The Kier molecular flexibility index (Phi) is 2.09. The van der Waals surface area contributed by atoms with Gasteiger partial charge in [0.25, 0.3) is 0 Å². The Labute approximate surface area is 53.1 Å². The maximum absolute atomic E-state index is 2.29. The molecule has 42 valence electrons. The summed E-state index contributed by atoms with van der Waals surface area (Å²) < 4.78 is 0. The van der Waals surface area contributed by atoms with Crippen LogP contribution in [0.5, 0.6) is 0 Å². The van der Waals surface area contributed by atoms with Crippen LogP contribution in [-0.4, -0.2) is 9.52 Å². The zero-order chi connectivity index (χ0) is 5.82. The van der Waals surface area contributed by atoms with Gasteiger partial charge in [-0.1, -0.05) is 30.9 Å². The normalized spacial score (nSPS) is 26.4. The van der Waals surface area contributed by atoms with Crippen molar-refractivity contribution in [2.24, 2.45) is 0 Å². The van der Waals surface area contributed by atoms with Gasteiger partial charge >= 0.3 is 0 Å². The Balaban J connectivity index is 2.40. The largest absolute Gasteiger partial charge is 0.0843 e. The Morgan fingerprint density at radius 2 is 2.38 bits per heavy atom. The molecule has 0 amide bonds. The zero-order valence-corrected chi connectivity index (χ0v) is 6.09. The minimum Gasteiger partial charge on any atom is -0.0843 e. The van der Waals surface area contributed by atoms with Crippen LogP contribution >= 0.6 is 0 Å². The van der Waals surface area contributed by atoms with Crippen LogP contribution < -0.4 is 0 Å². The lowest BCUT2D eigenvalue weighted by molar-refractivity contribution is 1.02. The van der Waals surface area contributed by atoms with E-state index in [2.05, 4.69) is 30.9 Å². The molecule has 0 nitrogen and oxygen atoms in total. The highest BCUT2D eigenvalue weighted by atomic mass is 28.2. The minimum absolute atomic E-state index is 0.847. The lowest BCUT2D eigenvalue weighted by Gasteiger charge is -2.06. The molecule has 1 aliphatic rings. The van der Waals surface area contributed by atoms with Crippen LogP contribution in [0.2, 0.25) is 12.1 Å². The van der Waals surface area contributed by atoms with Gasteiger partial charge in [-0.3, -0.25) is 0 Å². The molecule has 0 spiro atoms. The van der Waals surface area contributed by atoms with Crippen LogP contribution in [0.15, 0.2) is 24.3 Å². The molecule has 0 saturated carbocycles. The van der Waals surface area contributed by atoms with E-state index in [0.717, 1.165) is 15.1 Å². The predicted octanol–water partition coefficient (Wildman–Crippen LogP) is 2.04. The summed E-state index contributed by atoms with van der Waals surface area (Å²) in [7, 11) is 1.07. The van der Waals surface area contributed by atoms with Crippen molar-refractivity contribution in [2.75, 3.05) is 0 Å². The third-order valence-corrected chi connectivity index (χ3v) is 2.52. The third kappa shape index (κ3) is 1.34. The van der Waals surface area contributed by atoms with Crippen LogP contribution in [0.1, 0.15) is 6.42 Å². The first-order valence-corrected chi connectivity index (χ1v) is 4.52. The van der Waals surface area contributed by atoms with Gasteiger partial charge < -0.3 is 0 Å². The fraction of sp³-hybridized carbons (Fsp3) is 0.429. The quantitative estimate of drug-likeness (QED) is 0.467. The van der Waals surface area contributed by atoms with Crippen molar-refractivity contribution < 1.29 is 0 Å². The lowest BCUT2D eigenvalue weighted by atomic mass is 10.2. The van der Waals surface area contributed by atoms with Crippen molar-refractivity contribution in [3.05, 3.63) is 24.3 Å². The average molecular weight is 122 g/mol. The zero-order valence-electron chi connectivity index (χ0n) is 5.09. The summed E-state index contributed by atoms with van der Waals surface area (Å²) in [5, 5.41) is 0. The van der Waals surface area contributed by atoms with E-state index in [1.807, 2.05) is 0 Å². The van der Waals surface area contributed by atoms with Gasteiger partial charge in [0, 0.05) is 9.52 Å². The molecule has 1 rings (SSSR count). The van der Waals surface area contributed by atoms with E-state index in [0.29, 0.717) is 0 Å². The molecule has 1 heteroatoms. The number of hydrogen-bond donors (Lipinski definition) is 0. The number of hydrogen-bond acceptors (Lipinski definition) is 0. The summed E-state index contributed by atoms with van der Waals surface area (Å²) in [6.07, 6.45) is 10.0. The van der Waals surface area contributed by atoms with Gasteiger partial charge in [0.05, 0.1) is 0 Å². The van der Waals surface area contributed by atoms with E-state index in [1.165, 1.54) is 6.42 Å². The number of allylic oxidation sites excluding steroid dienone is 4. The Hall–Kier alpha value is -0.303. The summed E-state index contributed by atoms with van der Waals surface area (Å²) in [6, 6.07) is 0. The van der Waals surface area contributed by atoms with E-state index < -0.39 is 0 Å². The SMILES string of the molecule is C[Si]C1C=CC=CC1. The van der Waals surface area contributed by atoms with E-state index in [-0.39, 0.29) is 0 Å². The second kappa shape index (κ2) is 2.87. The van der Waals surface area contributed by atoms with Crippen LogP contribution in [0.4, 0.5) is 0 Å². The van der Waals surface area contributed by atoms with Crippen molar-refractivity contribution in [1.82, 2.24) is 0 Å². The Morgan fingerprint density at radius 1 is 1.50 bits per heavy atom. The van der Waals surface area contributed by atoms with Crippen LogP contribution in [0, 0.1) is 0 Å². The summed E-state index contributed by atoms with van der Waals surface area (Å²) in [6.45, 7) is 2.26. The van der Waals surface area contributed by atoms with Crippen molar-refractivity contribution in [1.29, 1.82) is 0 Å². The fourth-order valence-corrected chi connectivity index (χ4v) is 1.47. The Morgan fingerprint density at radius 3 is 2.75 bits per heavy atom. The molecule has 0 saturated heterocycles. The molecule has 0 aromatic carbocycles. The van der Waals surface area contributed by atoms with E-state index in [1.54, 1.807) is 0 Å². The van der Waals surface area contributed by atoms with Crippen LogP contribution in [0.25, 0.3) is 0 Å². The molecule has 0 aromatic heterocycles. The molecule has 0 N–H and O–H groups in total. The third-order valence-electron chi connectivity index (χ3n) is 1.35. The molecule has 1 aliphatic carbocycles. The highest BCUT2D eigenvalue weighted by molar-refractivity contribution is 6.36. The molecule has 1 unspecified atom stereocenters. The van der Waals surface area contributed by atoms with Gasteiger partial charge in [0.2, 0.25) is 0 Å². The molecule has 0 bridgehead atoms. The smallest absolute Gasteiger partial charge is 0.0434 e. The summed E-state index contributed by atoms with van der Waals surface area (Å²) in [5.41, 5.74) is 0.847. The summed E-state index contributed by atoms with van der Waals surface area (Å²) in [5.74, 6) is 0. The van der Waals surface area contributed by atoms with Crippen molar-refractivity contribution in [3.63, 3.8) is 0 Å². The minimum atomic E-state index is 0.847. The van der Waals surface area contributed by atoms with Gasteiger partial charge in [-0.2, -0.15) is 0 Å². The topological polar surface area (TPSA) is 0 Å². The number of rotatable bonds is 1. The van der Waals surface area contributed by atoms with Crippen LogP contribution in [-0.2, 0) is 0 Å². The molecule has 8 heavy (non-hydrogen) atoms. The highest BCUT2D eigenvalue weighted by Gasteiger charge is 1.99. The second-order valence-corrected chi connectivity index (χ2v) is 3.26. The average Bonchev–Trinajstić information content (AvgIpc) is 1.90. The highest BCUT2D eigenvalue weighted by Crippen LogP contribution is 2.15. The molecule has 2 radical (unpaired) electrons. The Bertz CT molecular complexity index is 114. The van der Waals surface area contributed by atoms with E-state index in [9.17, 15) is 0 Å². The second-order valence-electron chi connectivity index (χ2n) is 1.94. The standard InChI is InChI=1S/C7H10Si/c1-8-7-5-3-2-4-6-7/h2-5,7H,6H2,1H3. The van der Waals surface area contributed by atoms with Gasteiger partial charge in [0.1, 0.15) is 0 Å². The summed E-state index contributed by atoms with van der Waals surface area (Å²) >= 11 is 0. The van der Waals surface area contributed by atoms with Gasteiger partial charge in [-0.05, 0) is 12.0 Å². The molecule has 0 heterocycles. The molecular weight excluding hydrogens is 112 g/mol. The molecular formula is C7H10Si. The van der Waals surface area contributed by atoms with Crippen molar-refractivity contribution in [3.8, 4) is 0 Å². The maximum Gasteiger partial charge on any atom is 0.0434 e.